The van der Waals surface area contributed by atoms with Gasteiger partial charge in [-0.3, -0.25) is 4.79 Å². The number of benzene rings is 2. The van der Waals surface area contributed by atoms with E-state index in [1.165, 1.54) is 17.0 Å². The van der Waals surface area contributed by atoms with E-state index in [0.29, 0.717) is 13.1 Å². The topological polar surface area (TPSA) is 66.6 Å². The summed E-state index contributed by atoms with van der Waals surface area (Å²) in [5.41, 5.74) is 7.41. The van der Waals surface area contributed by atoms with Crippen molar-refractivity contribution in [3.63, 3.8) is 0 Å². The van der Waals surface area contributed by atoms with Gasteiger partial charge in [0.2, 0.25) is 0 Å². The first-order chi connectivity index (χ1) is 10.0. The van der Waals surface area contributed by atoms with Crippen molar-refractivity contribution in [2.45, 2.75) is 13.1 Å². The summed E-state index contributed by atoms with van der Waals surface area (Å²) in [5, 5.41) is 9.17. The summed E-state index contributed by atoms with van der Waals surface area (Å²) >= 11 is 0. The predicted molar refractivity (Wildman–Crippen MR) is 78.2 cm³/mol. The van der Waals surface area contributed by atoms with Gasteiger partial charge in [-0.1, -0.05) is 24.3 Å². The van der Waals surface area contributed by atoms with Gasteiger partial charge in [0.25, 0.3) is 5.91 Å². The average molecular weight is 288 g/mol. The van der Waals surface area contributed by atoms with Crippen molar-refractivity contribution in [3.8, 4) is 5.75 Å². The van der Waals surface area contributed by atoms with E-state index < -0.39 is 11.7 Å². The Bertz CT molecular complexity index is 641. The molecule has 1 amide bonds. The lowest BCUT2D eigenvalue weighted by Gasteiger charge is -2.18. The van der Waals surface area contributed by atoms with Crippen molar-refractivity contribution in [2.75, 3.05) is 7.05 Å². The zero-order valence-corrected chi connectivity index (χ0v) is 11.7. The zero-order valence-electron chi connectivity index (χ0n) is 11.7. The Morgan fingerprint density at radius 1 is 1.19 bits per heavy atom. The van der Waals surface area contributed by atoms with Gasteiger partial charge in [0.05, 0.1) is 5.56 Å². The van der Waals surface area contributed by atoms with Gasteiger partial charge >= 0.3 is 0 Å². The van der Waals surface area contributed by atoms with Gasteiger partial charge in [0.1, 0.15) is 11.6 Å². The molecule has 0 aliphatic rings. The molecule has 0 atom stereocenters. The molecule has 0 heterocycles. The molecule has 0 spiro atoms. The molecule has 2 rings (SSSR count). The molecule has 0 unspecified atom stereocenters. The minimum absolute atomic E-state index is 0.0612. The number of halogens is 1. The number of nitrogens with zero attached hydrogens (tertiary/aromatic N) is 1. The molecule has 0 saturated heterocycles. The minimum atomic E-state index is -0.731. The molecular weight excluding hydrogens is 271 g/mol. The number of hydrogen-bond donors (Lipinski definition) is 2. The number of carbonyl (C=O) groups excluding carboxylic acids is 1. The second-order valence-electron chi connectivity index (χ2n) is 4.85. The van der Waals surface area contributed by atoms with Crippen LogP contribution in [0.4, 0.5) is 4.39 Å². The van der Waals surface area contributed by atoms with Crippen molar-refractivity contribution in [3.05, 3.63) is 65.0 Å². The highest BCUT2D eigenvalue weighted by Crippen LogP contribution is 2.17. The first-order valence-corrected chi connectivity index (χ1v) is 6.53. The Morgan fingerprint density at radius 3 is 2.38 bits per heavy atom. The highest BCUT2D eigenvalue weighted by atomic mass is 19.1. The van der Waals surface area contributed by atoms with Crippen LogP contribution in [0, 0.1) is 5.82 Å². The summed E-state index contributed by atoms with van der Waals surface area (Å²) in [6.07, 6.45) is 0. The Hall–Kier alpha value is -2.40. The van der Waals surface area contributed by atoms with Crippen molar-refractivity contribution < 1.29 is 14.3 Å². The van der Waals surface area contributed by atoms with E-state index in [4.69, 9.17) is 10.8 Å². The number of phenolic OH excluding ortho intramolecular Hbond substituents is 1. The largest absolute Gasteiger partial charge is 0.508 e. The highest BCUT2D eigenvalue weighted by molar-refractivity contribution is 5.94. The van der Waals surface area contributed by atoms with Crippen LogP contribution in [-0.4, -0.2) is 23.0 Å². The fraction of sp³-hybridized carbons (Fsp3) is 0.188. The summed E-state index contributed by atoms with van der Waals surface area (Å²) in [4.78, 5) is 13.6. The number of rotatable bonds is 4. The Balaban J connectivity index is 2.11. The first kappa shape index (κ1) is 15.0. The number of phenols is 1. The highest BCUT2D eigenvalue weighted by Gasteiger charge is 2.16. The van der Waals surface area contributed by atoms with E-state index >= 15 is 0 Å². The molecule has 0 aromatic heterocycles. The lowest BCUT2D eigenvalue weighted by molar-refractivity contribution is 0.0780. The maximum atomic E-state index is 13.7. The third-order valence-corrected chi connectivity index (χ3v) is 3.21. The average Bonchev–Trinajstić information content (AvgIpc) is 2.47. The van der Waals surface area contributed by atoms with E-state index in [-0.39, 0.29) is 11.3 Å². The van der Waals surface area contributed by atoms with Crippen LogP contribution in [0.15, 0.2) is 42.5 Å². The van der Waals surface area contributed by atoms with Crippen molar-refractivity contribution in [2.24, 2.45) is 5.73 Å². The van der Waals surface area contributed by atoms with Gasteiger partial charge in [-0.2, -0.15) is 0 Å². The quantitative estimate of drug-likeness (QED) is 0.907. The maximum Gasteiger partial charge on any atom is 0.256 e. The first-order valence-electron chi connectivity index (χ1n) is 6.53. The minimum Gasteiger partial charge on any atom is -0.508 e. The Labute approximate surface area is 122 Å². The third kappa shape index (κ3) is 3.58. The zero-order chi connectivity index (χ0) is 15.4. The molecule has 3 N–H and O–H groups in total. The van der Waals surface area contributed by atoms with Gasteiger partial charge in [-0.05, 0) is 23.3 Å². The lowest BCUT2D eigenvalue weighted by atomic mass is 10.1. The van der Waals surface area contributed by atoms with Crippen LogP contribution in [0.3, 0.4) is 0 Å². The molecule has 0 aliphatic heterocycles. The van der Waals surface area contributed by atoms with Crippen LogP contribution in [-0.2, 0) is 13.1 Å². The van der Waals surface area contributed by atoms with Gasteiger partial charge < -0.3 is 15.7 Å². The van der Waals surface area contributed by atoms with E-state index in [1.807, 2.05) is 24.3 Å². The molecule has 2 aromatic rings. The number of carbonyl (C=O) groups is 1. The van der Waals surface area contributed by atoms with Gasteiger partial charge in [-0.25, -0.2) is 4.39 Å². The monoisotopic (exact) mass is 288 g/mol. The Morgan fingerprint density at radius 2 is 1.81 bits per heavy atom. The number of nitrogens with two attached hydrogens (primary N) is 1. The summed E-state index contributed by atoms with van der Waals surface area (Å²) < 4.78 is 13.7. The molecule has 2 aromatic carbocycles. The molecule has 0 aliphatic carbocycles. The lowest BCUT2D eigenvalue weighted by Crippen LogP contribution is -2.27. The second-order valence-corrected chi connectivity index (χ2v) is 4.85. The number of amides is 1. The van der Waals surface area contributed by atoms with E-state index in [2.05, 4.69) is 0 Å². The molecule has 0 saturated carbocycles. The molecule has 21 heavy (non-hydrogen) atoms. The van der Waals surface area contributed by atoms with E-state index in [1.54, 1.807) is 7.05 Å². The van der Waals surface area contributed by atoms with E-state index in [9.17, 15) is 9.18 Å². The SMILES string of the molecule is CN(Cc1ccc(CN)cc1)C(=O)c1ccc(O)cc1F. The van der Waals surface area contributed by atoms with Gasteiger partial charge in [0.15, 0.2) is 0 Å². The molecular formula is C16H17FN2O2. The predicted octanol–water partition coefficient (Wildman–Crippen LogP) is 2.26. The molecule has 110 valence electrons. The van der Waals surface area contributed by atoms with E-state index in [0.717, 1.165) is 17.2 Å². The maximum absolute atomic E-state index is 13.7. The van der Waals surface area contributed by atoms with Crippen LogP contribution >= 0.6 is 0 Å². The Kier molecular flexibility index (Phi) is 4.55. The normalized spacial score (nSPS) is 10.4. The summed E-state index contributed by atoms with van der Waals surface area (Å²) in [6, 6.07) is 11.1. The van der Waals surface area contributed by atoms with Crippen molar-refractivity contribution in [1.82, 2.24) is 4.90 Å². The number of hydrogen-bond acceptors (Lipinski definition) is 3. The fourth-order valence-electron chi connectivity index (χ4n) is 2.01. The molecule has 0 fully saturated rings. The van der Waals surface area contributed by atoms with Crippen LogP contribution in [0.25, 0.3) is 0 Å². The van der Waals surface area contributed by atoms with Crippen LogP contribution < -0.4 is 5.73 Å². The van der Waals surface area contributed by atoms with Gasteiger partial charge in [-0.15, -0.1) is 0 Å². The van der Waals surface area contributed by atoms with Gasteiger partial charge in [0, 0.05) is 26.2 Å². The second kappa shape index (κ2) is 6.37. The van der Waals surface area contributed by atoms with Crippen LogP contribution in [0.2, 0.25) is 0 Å². The van der Waals surface area contributed by atoms with Crippen LogP contribution in [0.1, 0.15) is 21.5 Å². The molecule has 0 bridgehead atoms. The summed E-state index contributed by atoms with van der Waals surface area (Å²) in [7, 11) is 1.60. The van der Waals surface area contributed by atoms with Crippen molar-refractivity contribution >= 4 is 5.91 Å². The van der Waals surface area contributed by atoms with Crippen molar-refractivity contribution in [1.29, 1.82) is 0 Å². The molecule has 4 nitrogen and oxygen atoms in total. The molecule has 5 heteroatoms. The fourth-order valence-corrected chi connectivity index (χ4v) is 2.01. The van der Waals surface area contributed by atoms with Crippen LogP contribution in [0.5, 0.6) is 5.75 Å². The summed E-state index contributed by atoms with van der Waals surface area (Å²) in [6.45, 7) is 0.831. The number of aromatic hydroxyl groups is 1. The summed E-state index contributed by atoms with van der Waals surface area (Å²) in [5.74, 6) is -1.37. The third-order valence-electron chi connectivity index (χ3n) is 3.21. The standard InChI is InChI=1S/C16H17FN2O2/c1-19(10-12-4-2-11(9-18)3-5-12)16(21)14-7-6-13(20)8-15(14)17/h2-8,20H,9-10,18H2,1H3. The smallest absolute Gasteiger partial charge is 0.256 e. The molecule has 0 radical (unpaired) electrons.